The molecule has 2 heterocycles. The van der Waals surface area contributed by atoms with E-state index in [2.05, 4.69) is 16.7 Å². The Morgan fingerprint density at radius 1 is 1.12 bits per heavy atom. The minimum atomic E-state index is 0.637. The topological polar surface area (TPSA) is 22.3 Å². The lowest BCUT2D eigenvalue weighted by atomic mass is 10.2. The van der Waals surface area contributed by atoms with E-state index in [4.69, 9.17) is 9.47 Å². The second-order valence-corrected chi connectivity index (χ2v) is 4.44. The summed E-state index contributed by atoms with van der Waals surface area (Å²) in [6.45, 7) is 2.12. The molecule has 0 saturated heterocycles. The van der Waals surface area contributed by atoms with Gasteiger partial charge in [-0.15, -0.1) is 4.57 Å². The number of hydrogen-bond donors (Lipinski definition) is 0. The molecule has 82 valence electrons. The molecule has 16 heavy (non-hydrogen) atoms. The SMILES string of the molecule is c1ccc(C[n+]2csc3c2OCCO3)cc1. The summed E-state index contributed by atoms with van der Waals surface area (Å²) in [5, 5.41) is 0.891. The molecule has 0 fully saturated rings. The van der Waals surface area contributed by atoms with Gasteiger partial charge < -0.3 is 9.47 Å². The van der Waals surface area contributed by atoms with E-state index in [9.17, 15) is 0 Å². The summed E-state index contributed by atoms with van der Waals surface area (Å²) in [6, 6.07) is 10.3. The molecular formula is C12H12NO2S+. The van der Waals surface area contributed by atoms with Crippen LogP contribution in [0.1, 0.15) is 5.56 Å². The molecule has 3 nitrogen and oxygen atoms in total. The predicted molar refractivity (Wildman–Crippen MR) is 61.0 cm³/mol. The van der Waals surface area contributed by atoms with Crippen LogP contribution < -0.4 is 14.0 Å². The normalized spacial score (nSPS) is 13.8. The van der Waals surface area contributed by atoms with Crippen molar-refractivity contribution in [2.24, 2.45) is 0 Å². The van der Waals surface area contributed by atoms with Crippen molar-refractivity contribution in [1.29, 1.82) is 0 Å². The van der Waals surface area contributed by atoms with Crippen LogP contribution in [0.2, 0.25) is 0 Å². The van der Waals surface area contributed by atoms with Gasteiger partial charge in [0.25, 0.3) is 5.06 Å². The van der Waals surface area contributed by atoms with Gasteiger partial charge in [0.1, 0.15) is 13.2 Å². The minimum Gasteiger partial charge on any atom is -0.473 e. The summed E-state index contributed by atoms with van der Waals surface area (Å²) in [5.41, 5.74) is 3.31. The Morgan fingerprint density at radius 3 is 2.81 bits per heavy atom. The summed E-state index contributed by atoms with van der Waals surface area (Å²) in [7, 11) is 0. The van der Waals surface area contributed by atoms with Crippen molar-refractivity contribution in [3.63, 3.8) is 0 Å². The lowest BCUT2D eigenvalue weighted by molar-refractivity contribution is -0.689. The van der Waals surface area contributed by atoms with Gasteiger partial charge in [-0.25, -0.2) is 0 Å². The van der Waals surface area contributed by atoms with Gasteiger partial charge in [-0.1, -0.05) is 30.3 Å². The molecular weight excluding hydrogens is 222 g/mol. The Balaban J connectivity index is 1.88. The fraction of sp³-hybridized carbons (Fsp3) is 0.250. The van der Waals surface area contributed by atoms with Crippen molar-refractivity contribution in [1.82, 2.24) is 0 Å². The number of hydrogen-bond acceptors (Lipinski definition) is 3. The average Bonchev–Trinajstić information content (AvgIpc) is 2.74. The highest BCUT2D eigenvalue weighted by Crippen LogP contribution is 2.31. The van der Waals surface area contributed by atoms with Crippen LogP contribution in [0.5, 0.6) is 10.9 Å². The molecule has 0 bridgehead atoms. The number of ether oxygens (including phenoxy) is 2. The Bertz CT molecular complexity index is 481. The first-order valence-electron chi connectivity index (χ1n) is 5.24. The molecule has 2 aromatic rings. The van der Waals surface area contributed by atoms with Gasteiger partial charge in [-0.05, 0) is 11.3 Å². The molecule has 1 aliphatic heterocycles. The molecule has 1 aromatic heterocycles. The zero-order valence-corrected chi connectivity index (χ0v) is 9.57. The van der Waals surface area contributed by atoms with E-state index in [0.717, 1.165) is 17.5 Å². The quantitative estimate of drug-likeness (QED) is 0.740. The Morgan fingerprint density at radius 2 is 1.94 bits per heavy atom. The van der Waals surface area contributed by atoms with Gasteiger partial charge >= 0.3 is 5.88 Å². The van der Waals surface area contributed by atoms with E-state index in [0.29, 0.717) is 13.2 Å². The van der Waals surface area contributed by atoms with Crippen LogP contribution in [0.3, 0.4) is 0 Å². The average molecular weight is 234 g/mol. The van der Waals surface area contributed by atoms with Crippen LogP contribution in [0.25, 0.3) is 0 Å². The maximum absolute atomic E-state index is 5.62. The molecule has 0 N–H and O–H groups in total. The Hall–Kier alpha value is -1.55. The zero-order chi connectivity index (χ0) is 10.8. The third-order valence-corrected chi connectivity index (χ3v) is 3.34. The van der Waals surface area contributed by atoms with Crippen LogP contribution in [-0.2, 0) is 6.54 Å². The largest absolute Gasteiger partial charge is 0.473 e. The number of benzene rings is 1. The molecule has 0 unspecified atom stereocenters. The van der Waals surface area contributed by atoms with E-state index < -0.39 is 0 Å². The highest BCUT2D eigenvalue weighted by molar-refractivity contribution is 7.11. The van der Waals surface area contributed by atoms with E-state index >= 15 is 0 Å². The van der Waals surface area contributed by atoms with Crippen LogP contribution in [0, 0.1) is 0 Å². The maximum atomic E-state index is 5.62. The van der Waals surface area contributed by atoms with Crippen LogP contribution in [0.15, 0.2) is 35.8 Å². The monoisotopic (exact) mass is 234 g/mol. The Labute approximate surface area is 97.9 Å². The van der Waals surface area contributed by atoms with Crippen molar-refractivity contribution in [3.05, 3.63) is 41.4 Å². The molecule has 0 saturated carbocycles. The summed E-state index contributed by atoms with van der Waals surface area (Å²) >= 11 is 1.59. The van der Waals surface area contributed by atoms with Crippen LogP contribution in [-0.4, -0.2) is 13.2 Å². The first-order valence-corrected chi connectivity index (χ1v) is 6.12. The molecule has 1 aliphatic rings. The summed E-state index contributed by atoms with van der Waals surface area (Å²) in [4.78, 5) is 0. The van der Waals surface area contributed by atoms with Gasteiger partial charge in [0, 0.05) is 5.56 Å². The number of aromatic nitrogens is 1. The molecule has 0 aliphatic carbocycles. The highest BCUT2D eigenvalue weighted by atomic mass is 32.1. The number of rotatable bonds is 2. The fourth-order valence-electron chi connectivity index (χ4n) is 1.73. The summed E-state index contributed by atoms with van der Waals surface area (Å²) < 4.78 is 13.2. The third-order valence-electron chi connectivity index (χ3n) is 2.47. The van der Waals surface area contributed by atoms with Crippen molar-refractivity contribution in [2.75, 3.05) is 13.2 Å². The number of fused-ring (bicyclic) bond motifs is 1. The van der Waals surface area contributed by atoms with Crippen molar-refractivity contribution >= 4 is 11.3 Å². The first kappa shape index (κ1) is 9.66. The minimum absolute atomic E-state index is 0.637. The standard InChI is InChI=1S/C12H12NO2S/c1-2-4-10(5-3-1)8-13-9-16-12-11(13)14-6-7-15-12/h1-5,9H,6-8H2/q+1. The van der Waals surface area contributed by atoms with E-state index in [1.807, 2.05) is 23.7 Å². The zero-order valence-electron chi connectivity index (χ0n) is 8.76. The van der Waals surface area contributed by atoms with Crippen molar-refractivity contribution in [2.45, 2.75) is 6.54 Å². The summed E-state index contributed by atoms with van der Waals surface area (Å²) in [6.07, 6.45) is 0. The molecule has 4 heteroatoms. The second-order valence-electron chi connectivity index (χ2n) is 3.63. The number of thiazole rings is 1. The van der Waals surface area contributed by atoms with Gasteiger partial charge in [0.15, 0.2) is 6.54 Å². The molecule has 3 rings (SSSR count). The van der Waals surface area contributed by atoms with Crippen LogP contribution in [0.4, 0.5) is 0 Å². The highest BCUT2D eigenvalue weighted by Gasteiger charge is 2.26. The van der Waals surface area contributed by atoms with Crippen molar-refractivity contribution < 1.29 is 14.0 Å². The van der Waals surface area contributed by atoms with Gasteiger partial charge in [0.2, 0.25) is 5.51 Å². The van der Waals surface area contributed by atoms with E-state index in [-0.39, 0.29) is 0 Å². The molecule has 0 radical (unpaired) electrons. The van der Waals surface area contributed by atoms with Gasteiger partial charge in [-0.3, -0.25) is 0 Å². The van der Waals surface area contributed by atoms with E-state index in [1.54, 1.807) is 11.3 Å². The van der Waals surface area contributed by atoms with Crippen LogP contribution >= 0.6 is 11.3 Å². The maximum Gasteiger partial charge on any atom is 0.424 e. The van der Waals surface area contributed by atoms with Gasteiger partial charge in [0.05, 0.1) is 0 Å². The summed E-state index contributed by atoms with van der Waals surface area (Å²) in [5.74, 6) is 0.861. The predicted octanol–water partition coefficient (Wildman–Crippen LogP) is 1.86. The lowest BCUT2D eigenvalue weighted by Crippen LogP contribution is -2.35. The third kappa shape index (κ3) is 1.76. The molecule has 0 atom stereocenters. The van der Waals surface area contributed by atoms with E-state index in [1.165, 1.54) is 5.56 Å². The molecule has 0 amide bonds. The second kappa shape index (κ2) is 4.14. The molecule has 1 aromatic carbocycles. The van der Waals surface area contributed by atoms with Crippen molar-refractivity contribution in [3.8, 4) is 10.9 Å². The smallest absolute Gasteiger partial charge is 0.424 e. The fourth-order valence-corrected chi connectivity index (χ4v) is 2.55. The first-order chi connectivity index (χ1) is 7.93. The lowest BCUT2D eigenvalue weighted by Gasteiger charge is -2.10. The van der Waals surface area contributed by atoms with Gasteiger partial charge in [-0.2, -0.15) is 0 Å². The molecule has 0 spiro atoms. The number of nitrogens with zero attached hydrogens (tertiary/aromatic N) is 1. The Kier molecular flexibility index (Phi) is 2.50.